The molecule has 0 aliphatic carbocycles. The Balaban J connectivity index is 3.45. The van der Waals surface area contributed by atoms with Gasteiger partial charge in [0.05, 0.1) is 6.61 Å². The van der Waals surface area contributed by atoms with Crippen molar-refractivity contribution in [2.24, 2.45) is 0 Å². The van der Waals surface area contributed by atoms with Crippen LogP contribution < -0.4 is 0 Å². The molecule has 0 amide bonds. The lowest BCUT2D eigenvalue weighted by Gasteiger charge is -2.25. The summed E-state index contributed by atoms with van der Waals surface area (Å²) in [6.07, 6.45) is 3.08. The second kappa shape index (κ2) is 8.48. The Bertz CT molecular complexity index is 107. The van der Waals surface area contributed by atoms with Gasteiger partial charge in [0.2, 0.25) is 0 Å². The average molecular weight is 189 g/mol. The van der Waals surface area contributed by atoms with Crippen molar-refractivity contribution in [3.8, 4) is 0 Å². The highest BCUT2D eigenvalue weighted by Gasteiger charge is 2.07. The van der Waals surface area contributed by atoms with Gasteiger partial charge in [-0.25, -0.2) is 0 Å². The molecule has 0 aromatic rings. The van der Waals surface area contributed by atoms with Crippen molar-refractivity contribution in [1.29, 1.82) is 0 Å². The van der Waals surface area contributed by atoms with Crippen molar-refractivity contribution in [3.05, 3.63) is 0 Å². The summed E-state index contributed by atoms with van der Waals surface area (Å²) in [6.45, 7) is 6.60. The van der Waals surface area contributed by atoms with Crippen LogP contribution in [0.25, 0.3) is 0 Å². The van der Waals surface area contributed by atoms with Crippen LogP contribution in [-0.2, 0) is 0 Å². The molecular formula is C10H23NO2. The standard InChI is InChI=1S/C10H23NO2/c1-10(2)11(7-9-13)6-4-3-5-8-12/h10,12-13H,3-9H2,1-2H3. The highest BCUT2D eigenvalue weighted by atomic mass is 16.3. The van der Waals surface area contributed by atoms with Gasteiger partial charge in [0.25, 0.3) is 0 Å². The van der Waals surface area contributed by atoms with Gasteiger partial charge in [-0.1, -0.05) is 0 Å². The third-order valence-electron chi connectivity index (χ3n) is 2.22. The molecule has 0 unspecified atom stereocenters. The Morgan fingerprint density at radius 1 is 0.923 bits per heavy atom. The molecule has 0 spiro atoms. The molecular weight excluding hydrogens is 166 g/mol. The molecule has 0 rings (SSSR count). The van der Waals surface area contributed by atoms with Gasteiger partial charge >= 0.3 is 0 Å². The van der Waals surface area contributed by atoms with E-state index in [1.165, 1.54) is 0 Å². The van der Waals surface area contributed by atoms with Crippen LogP contribution in [-0.4, -0.2) is 47.5 Å². The molecule has 0 aromatic heterocycles. The summed E-state index contributed by atoms with van der Waals surface area (Å²) in [4.78, 5) is 2.26. The third-order valence-corrected chi connectivity index (χ3v) is 2.22. The van der Waals surface area contributed by atoms with E-state index >= 15 is 0 Å². The van der Waals surface area contributed by atoms with Crippen molar-refractivity contribution >= 4 is 0 Å². The molecule has 13 heavy (non-hydrogen) atoms. The van der Waals surface area contributed by atoms with Crippen LogP contribution in [0.5, 0.6) is 0 Å². The lowest BCUT2D eigenvalue weighted by molar-refractivity contribution is 0.162. The molecule has 3 nitrogen and oxygen atoms in total. The van der Waals surface area contributed by atoms with E-state index in [9.17, 15) is 0 Å². The van der Waals surface area contributed by atoms with Crippen molar-refractivity contribution in [2.45, 2.75) is 39.2 Å². The third kappa shape index (κ3) is 6.99. The molecule has 0 heterocycles. The topological polar surface area (TPSA) is 43.7 Å². The summed E-state index contributed by atoms with van der Waals surface area (Å²) in [7, 11) is 0. The lowest BCUT2D eigenvalue weighted by Crippen LogP contribution is -2.34. The first-order valence-electron chi connectivity index (χ1n) is 5.18. The summed E-state index contributed by atoms with van der Waals surface area (Å²) in [5.41, 5.74) is 0. The van der Waals surface area contributed by atoms with E-state index in [1.54, 1.807) is 0 Å². The van der Waals surface area contributed by atoms with Crippen molar-refractivity contribution in [1.82, 2.24) is 4.90 Å². The highest BCUT2D eigenvalue weighted by molar-refractivity contribution is 4.61. The van der Waals surface area contributed by atoms with Gasteiger partial charge in [-0.2, -0.15) is 0 Å². The molecule has 0 saturated carbocycles. The number of rotatable bonds is 8. The van der Waals surface area contributed by atoms with Gasteiger partial charge in [-0.15, -0.1) is 0 Å². The first-order chi connectivity index (χ1) is 6.22. The fraction of sp³-hybridized carbons (Fsp3) is 1.00. The summed E-state index contributed by atoms with van der Waals surface area (Å²) in [5.74, 6) is 0. The number of hydrogen-bond donors (Lipinski definition) is 2. The predicted molar refractivity (Wildman–Crippen MR) is 54.7 cm³/mol. The Kier molecular flexibility index (Phi) is 8.40. The zero-order valence-corrected chi connectivity index (χ0v) is 8.87. The van der Waals surface area contributed by atoms with Gasteiger partial charge in [-0.3, -0.25) is 4.90 Å². The van der Waals surface area contributed by atoms with Gasteiger partial charge in [0.1, 0.15) is 0 Å². The van der Waals surface area contributed by atoms with Crippen LogP contribution in [0.3, 0.4) is 0 Å². The Morgan fingerprint density at radius 3 is 2.08 bits per heavy atom. The molecule has 0 saturated heterocycles. The predicted octanol–water partition coefficient (Wildman–Crippen LogP) is 0.852. The molecule has 0 atom stereocenters. The minimum Gasteiger partial charge on any atom is -0.396 e. The van der Waals surface area contributed by atoms with E-state index in [4.69, 9.17) is 10.2 Å². The summed E-state index contributed by atoms with van der Waals surface area (Å²) in [6, 6.07) is 0.501. The number of aliphatic hydroxyl groups is 2. The fourth-order valence-corrected chi connectivity index (χ4v) is 1.36. The van der Waals surface area contributed by atoms with Crippen LogP contribution in [0.4, 0.5) is 0 Å². The SMILES string of the molecule is CC(C)N(CCO)CCCCCO. The monoisotopic (exact) mass is 189 g/mol. The summed E-state index contributed by atoms with van der Waals surface area (Å²) < 4.78 is 0. The van der Waals surface area contributed by atoms with E-state index in [0.717, 1.165) is 32.4 Å². The second-order valence-electron chi connectivity index (χ2n) is 3.64. The maximum absolute atomic E-state index is 8.81. The quantitative estimate of drug-likeness (QED) is 0.556. The van der Waals surface area contributed by atoms with E-state index in [2.05, 4.69) is 18.7 Å². The Hall–Kier alpha value is -0.120. The zero-order valence-electron chi connectivity index (χ0n) is 8.87. The maximum Gasteiger partial charge on any atom is 0.0558 e. The second-order valence-corrected chi connectivity index (χ2v) is 3.64. The number of unbranched alkanes of at least 4 members (excludes halogenated alkanes) is 2. The zero-order chi connectivity index (χ0) is 10.1. The van der Waals surface area contributed by atoms with Gasteiger partial charge in [-0.05, 0) is 39.7 Å². The van der Waals surface area contributed by atoms with E-state index in [1.807, 2.05) is 0 Å². The van der Waals surface area contributed by atoms with Gasteiger partial charge in [0, 0.05) is 19.2 Å². The van der Waals surface area contributed by atoms with Crippen LogP contribution in [0, 0.1) is 0 Å². The first-order valence-corrected chi connectivity index (χ1v) is 5.18. The number of aliphatic hydroxyl groups excluding tert-OH is 2. The normalized spacial score (nSPS) is 11.5. The summed E-state index contributed by atoms with van der Waals surface area (Å²) >= 11 is 0. The Morgan fingerprint density at radius 2 is 1.62 bits per heavy atom. The van der Waals surface area contributed by atoms with Gasteiger partial charge < -0.3 is 10.2 Å². The molecule has 0 aliphatic rings. The molecule has 3 heteroatoms. The first kappa shape index (κ1) is 12.9. The molecule has 0 aliphatic heterocycles. The number of hydrogen-bond acceptors (Lipinski definition) is 3. The molecule has 2 N–H and O–H groups in total. The van der Waals surface area contributed by atoms with Crippen LogP contribution in [0.15, 0.2) is 0 Å². The largest absolute Gasteiger partial charge is 0.396 e. The summed E-state index contributed by atoms with van der Waals surface area (Å²) in [5, 5.41) is 17.4. The lowest BCUT2D eigenvalue weighted by atomic mass is 10.2. The molecule has 0 bridgehead atoms. The van der Waals surface area contributed by atoms with E-state index < -0.39 is 0 Å². The fourth-order valence-electron chi connectivity index (χ4n) is 1.36. The Labute approximate surface area is 81.4 Å². The molecule has 0 radical (unpaired) electrons. The van der Waals surface area contributed by atoms with E-state index in [-0.39, 0.29) is 6.61 Å². The highest BCUT2D eigenvalue weighted by Crippen LogP contribution is 2.02. The van der Waals surface area contributed by atoms with Crippen LogP contribution in [0.1, 0.15) is 33.1 Å². The minimum absolute atomic E-state index is 0.234. The van der Waals surface area contributed by atoms with Crippen molar-refractivity contribution in [3.63, 3.8) is 0 Å². The molecule has 0 fully saturated rings. The van der Waals surface area contributed by atoms with Crippen molar-refractivity contribution < 1.29 is 10.2 Å². The maximum atomic E-state index is 8.81. The smallest absolute Gasteiger partial charge is 0.0558 e. The van der Waals surface area contributed by atoms with E-state index in [0.29, 0.717) is 12.6 Å². The van der Waals surface area contributed by atoms with Crippen LogP contribution >= 0.6 is 0 Å². The average Bonchev–Trinajstić information content (AvgIpc) is 2.10. The van der Waals surface area contributed by atoms with Crippen LogP contribution in [0.2, 0.25) is 0 Å². The van der Waals surface area contributed by atoms with Gasteiger partial charge in [0.15, 0.2) is 0 Å². The van der Waals surface area contributed by atoms with Crippen molar-refractivity contribution in [2.75, 3.05) is 26.3 Å². The number of nitrogens with zero attached hydrogens (tertiary/aromatic N) is 1. The molecule has 80 valence electrons. The minimum atomic E-state index is 0.234. The molecule has 0 aromatic carbocycles.